The van der Waals surface area contributed by atoms with E-state index in [9.17, 15) is 8.42 Å². The van der Waals surface area contributed by atoms with Crippen molar-refractivity contribution in [1.82, 2.24) is 4.72 Å². The fraction of sp³-hybridized carbons (Fsp3) is 0.143. The van der Waals surface area contributed by atoms with E-state index in [1.807, 2.05) is 24.3 Å². The molecule has 0 aliphatic heterocycles. The minimum Gasteiger partial charge on any atom is -0.381 e. The van der Waals surface area contributed by atoms with E-state index < -0.39 is 10.0 Å². The normalized spacial score (nSPS) is 11.3. The van der Waals surface area contributed by atoms with Gasteiger partial charge >= 0.3 is 0 Å². The molecule has 106 valence electrons. The van der Waals surface area contributed by atoms with Crippen molar-refractivity contribution in [3.8, 4) is 0 Å². The first kappa shape index (κ1) is 14.8. The van der Waals surface area contributed by atoms with Gasteiger partial charge in [0.25, 0.3) is 0 Å². The summed E-state index contributed by atoms with van der Waals surface area (Å²) < 4.78 is 25.4. The van der Waals surface area contributed by atoms with Gasteiger partial charge in [-0.3, -0.25) is 0 Å². The summed E-state index contributed by atoms with van der Waals surface area (Å²) >= 11 is 5.82. The van der Waals surface area contributed by atoms with E-state index in [0.717, 1.165) is 11.3 Å². The Morgan fingerprint density at radius 2 is 1.60 bits per heavy atom. The standard InChI is InChI=1S/C14H15ClN2O2S/c1-16-20(18,19)14-8-6-13(7-9-14)17-10-11-2-4-12(15)5-3-11/h2-9,16-17H,10H2,1H3. The molecule has 0 saturated carbocycles. The molecular formula is C14H15ClN2O2S. The first-order valence-corrected chi connectivity index (χ1v) is 7.89. The quantitative estimate of drug-likeness (QED) is 0.893. The predicted molar refractivity (Wildman–Crippen MR) is 81.5 cm³/mol. The molecule has 0 amide bonds. The molecule has 2 rings (SSSR count). The van der Waals surface area contributed by atoms with Crippen LogP contribution in [0.5, 0.6) is 0 Å². The second-order valence-electron chi connectivity index (χ2n) is 4.21. The summed E-state index contributed by atoms with van der Waals surface area (Å²) in [5.41, 5.74) is 1.95. The molecule has 0 bridgehead atoms. The zero-order valence-corrected chi connectivity index (χ0v) is 12.5. The van der Waals surface area contributed by atoms with Crippen molar-refractivity contribution in [2.75, 3.05) is 12.4 Å². The van der Waals surface area contributed by atoms with Crippen molar-refractivity contribution in [2.45, 2.75) is 11.4 Å². The van der Waals surface area contributed by atoms with Gasteiger partial charge in [-0.2, -0.15) is 0 Å². The summed E-state index contributed by atoms with van der Waals surface area (Å²) in [5, 5.41) is 3.92. The third kappa shape index (κ3) is 3.72. The first-order valence-electron chi connectivity index (χ1n) is 6.03. The van der Waals surface area contributed by atoms with Gasteiger partial charge in [-0.05, 0) is 49.0 Å². The molecule has 0 fully saturated rings. The van der Waals surface area contributed by atoms with E-state index in [0.29, 0.717) is 11.6 Å². The van der Waals surface area contributed by atoms with Crippen LogP contribution in [-0.4, -0.2) is 15.5 Å². The number of anilines is 1. The van der Waals surface area contributed by atoms with Gasteiger partial charge in [-0.25, -0.2) is 13.1 Å². The van der Waals surface area contributed by atoms with E-state index in [4.69, 9.17) is 11.6 Å². The average molecular weight is 311 g/mol. The highest BCUT2D eigenvalue weighted by Gasteiger charge is 2.10. The lowest BCUT2D eigenvalue weighted by molar-refractivity contribution is 0.588. The molecule has 0 unspecified atom stereocenters. The van der Waals surface area contributed by atoms with Crippen LogP contribution >= 0.6 is 11.6 Å². The molecule has 2 N–H and O–H groups in total. The minimum absolute atomic E-state index is 0.247. The lowest BCUT2D eigenvalue weighted by Gasteiger charge is -2.08. The Labute approximate surface area is 123 Å². The smallest absolute Gasteiger partial charge is 0.240 e. The topological polar surface area (TPSA) is 58.2 Å². The second kappa shape index (κ2) is 6.26. The van der Waals surface area contributed by atoms with Crippen molar-refractivity contribution in [2.24, 2.45) is 0 Å². The van der Waals surface area contributed by atoms with Crippen LogP contribution in [0.15, 0.2) is 53.4 Å². The summed E-state index contributed by atoms with van der Waals surface area (Å²) in [7, 11) is -1.99. The largest absolute Gasteiger partial charge is 0.381 e. The Morgan fingerprint density at radius 1 is 1.00 bits per heavy atom. The van der Waals surface area contributed by atoms with Gasteiger partial charge in [0.15, 0.2) is 0 Å². The molecule has 0 aromatic heterocycles. The predicted octanol–water partition coefficient (Wildman–Crippen LogP) is 2.86. The van der Waals surface area contributed by atoms with Crippen molar-refractivity contribution in [3.63, 3.8) is 0 Å². The first-order chi connectivity index (χ1) is 9.51. The van der Waals surface area contributed by atoms with Crippen LogP contribution in [0.3, 0.4) is 0 Å². The summed E-state index contributed by atoms with van der Waals surface area (Å²) in [6.45, 7) is 0.648. The molecule has 0 aliphatic rings. The van der Waals surface area contributed by atoms with Crippen LogP contribution in [-0.2, 0) is 16.6 Å². The van der Waals surface area contributed by atoms with Gasteiger partial charge in [-0.15, -0.1) is 0 Å². The molecule has 2 aromatic carbocycles. The van der Waals surface area contributed by atoms with Gasteiger partial charge in [-0.1, -0.05) is 23.7 Å². The summed E-state index contributed by atoms with van der Waals surface area (Å²) in [5.74, 6) is 0. The van der Waals surface area contributed by atoms with Crippen molar-refractivity contribution in [3.05, 3.63) is 59.1 Å². The number of nitrogens with one attached hydrogen (secondary N) is 2. The van der Waals surface area contributed by atoms with Gasteiger partial charge in [0.2, 0.25) is 10.0 Å². The lowest BCUT2D eigenvalue weighted by atomic mass is 10.2. The summed E-state index contributed by atoms with van der Waals surface area (Å²) in [6, 6.07) is 14.2. The fourth-order valence-electron chi connectivity index (χ4n) is 1.68. The number of rotatable bonds is 5. The second-order valence-corrected chi connectivity index (χ2v) is 6.53. The number of sulfonamides is 1. The Kier molecular flexibility index (Phi) is 4.65. The molecule has 0 radical (unpaired) electrons. The fourth-order valence-corrected chi connectivity index (χ4v) is 2.53. The molecule has 0 atom stereocenters. The molecule has 0 aliphatic carbocycles. The van der Waals surface area contributed by atoms with Crippen molar-refractivity contribution in [1.29, 1.82) is 0 Å². The highest BCUT2D eigenvalue weighted by Crippen LogP contribution is 2.15. The maximum Gasteiger partial charge on any atom is 0.240 e. The number of benzene rings is 2. The highest BCUT2D eigenvalue weighted by molar-refractivity contribution is 7.89. The molecule has 6 heteroatoms. The zero-order chi connectivity index (χ0) is 14.6. The molecule has 0 saturated heterocycles. The molecule has 0 heterocycles. The zero-order valence-electron chi connectivity index (χ0n) is 10.9. The maximum atomic E-state index is 11.6. The van der Waals surface area contributed by atoms with E-state index in [-0.39, 0.29) is 4.90 Å². The molecular weight excluding hydrogens is 296 g/mol. The van der Waals surface area contributed by atoms with Gasteiger partial charge < -0.3 is 5.32 Å². The van der Waals surface area contributed by atoms with Crippen LogP contribution < -0.4 is 10.0 Å². The summed E-state index contributed by atoms with van der Waals surface area (Å²) in [4.78, 5) is 0.247. The van der Waals surface area contributed by atoms with Crippen LogP contribution in [0.2, 0.25) is 5.02 Å². The van der Waals surface area contributed by atoms with Gasteiger partial charge in [0.1, 0.15) is 0 Å². The Balaban J connectivity index is 2.03. The van der Waals surface area contributed by atoms with Crippen LogP contribution in [0, 0.1) is 0 Å². The number of hydrogen-bond acceptors (Lipinski definition) is 3. The Bertz CT molecular complexity index is 667. The van der Waals surface area contributed by atoms with Crippen LogP contribution in [0.4, 0.5) is 5.69 Å². The lowest BCUT2D eigenvalue weighted by Crippen LogP contribution is -2.18. The molecule has 0 spiro atoms. The number of hydrogen-bond donors (Lipinski definition) is 2. The van der Waals surface area contributed by atoms with E-state index in [1.54, 1.807) is 24.3 Å². The highest BCUT2D eigenvalue weighted by atomic mass is 35.5. The van der Waals surface area contributed by atoms with Crippen molar-refractivity contribution < 1.29 is 8.42 Å². The monoisotopic (exact) mass is 310 g/mol. The van der Waals surface area contributed by atoms with Crippen LogP contribution in [0.1, 0.15) is 5.56 Å². The van der Waals surface area contributed by atoms with Crippen LogP contribution in [0.25, 0.3) is 0 Å². The minimum atomic E-state index is -3.38. The molecule has 2 aromatic rings. The average Bonchev–Trinajstić information content (AvgIpc) is 2.47. The molecule has 20 heavy (non-hydrogen) atoms. The van der Waals surface area contributed by atoms with Gasteiger partial charge in [0.05, 0.1) is 4.90 Å². The third-order valence-corrected chi connectivity index (χ3v) is 4.53. The Hall–Kier alpha value is -1.56. The van der Waals surface area contributed by atoms with Gasteiger partial charge in [0, 0.05) is 17.3 Å². The third-order valence-electron chi connectivity index (χ3n) is 2.84. The SMILES string of the molecule is CNS(=O)(=O)c1ccc(NCc2ccc(Cl)cc2)cc1. The number of halogens is 1. The van der Waals surface area contributed by atoms with E-state index >= 15 is 0 Å². The molecule has 4 nitrogen and oxygen atoms in total. The van der Waals surface area contributed by atoms with E-state index in [1.165, 1.54) is 7.05 Å². The van der Waals surface area contributed by atoms with Crippen molar-refractivity contribution >= 4 is 27.3 Å². The summed E-state index contributed by atoms with van der Waals surface area (Å²) in [6.07, 6.45) is 0. The maximum absolute atomic E-state index is 11.6. The Morgan fingerprint density at radius 3 is 2.15 bits per heavy atom. The van der Waals surface area contributed by atoms with E-state index in [2.05, 4.69) is 10.0 Å².